The summed E-state index contributed by atoms with van der Waals surface area (Å²) in [6.45, 7) is 3.08. The van der Waals surface area contributed by atoms with E-state index >= 15 is 0 Å². The van der Waals surface area contributed by atoms with Crippen LogP contribution in [0.2, 0.25) is 0 Å². The Morgan fingerprint density at radius 3 is 2.77 bits per heavy atom. The summed E-state index contributed by atoms with van der Waals surface area (Å²) in [6.07, 6.45) is 0. The molecule has 0 unspecified atom stereocenters. The second kappa shape index (κ2) is 6.74. The van der Waals surface area contributed by atoms with Crippen molar-refractivity contribution < 1.29 is 19.1 Å². The molecule has 1 heterocycles. The van der Waals surface area contributed by atoms with E-state index in [0.29, 0.717) is 10.9 Å². The number of rotatable bonds is 5. The Morgan fingerprint density at radius 1 is 1.41 bits per heavy atom. The molecule has 22 heavy (non-hydrogen) atoms. The topological polar surface area (TPSA) is 79.3 Å². The third-order valence-corrected chi connectivity index (χ3v) is 4.09. The van der Waals surface area contributed by atoms with E-state index < -0.39 is 17.9 Å². The molecule has 0 spiro atoms. The van der Waals surface area contributed by atoms with E-state index in [1.54, 1.807) is 12.1 Å². The highest BCUT2D eigenvalue weighted by atomic mass is 32.2. The van der Waals surface area contributed by atoms with Crippen LogP contribution >= 0.6 is 11.8 Å². The summed E-state index contributed by atoms with van der Waals surface area (Å²) >= 11 is 1.25. The van der Waals surface area contributed by atoms with Gasteiger partial charge in [0.25, 0.3) is 0 Å². The SMILES string of the molecule is CC(=O)N[C@H](CSc1cc(C)nc2ccc(F)cc12)C(=O)O. The molecule has 7 heteroatoms. The maximum absolute atomic E-state index is 13.4. The zero-order valence-corrected chi connectivity index (χ0v) is 12.9. The van der Waals surface area contributed by atoms with Gasteiger partial charge in [-0.05, 0) is 31.2 Å². The van der Waals surface area contributed by atoms with Crippen molar-refractivity contribution in [2.75, 3.05) is 5.75 Å². The summed E-state index contributed by atoms with van der Waals surface area (Å²) < 4.78 is 13.4. The molecule has 0 radical (unpaired) electrons. The molecule has 2 rings (SSSR count). The van der Waals surface area contributed by atoms with E-state index in [4.69, 9.17) is 5.11 Å². The Balaban J connectivity index is 2.28. The first-order chi connectivity index (χ1) is 10.4. The smallest absolute Gasteiger partial charge is 0.327 e. The molecule has 0 aliphatic heterocycles. The number of carboxylic acid groups (broad SMARTS) is 1. The van der Waals surface area contributed by atoms with Gasteiger partial charge in [-0.15, -0.1) is 11.8 Å². The van der Waals surface area contributed by atoms with Crippen LogP contribution in [-0.4, -0.2) is 33.8 Å². The number of carboxylic acids is 1. The summed E-state index contributed by atoms with van der Waals surface area (Å²) in [5.41, 5.74) is 1.41. The number of nitrogens with zero attached hydrogens (tertiary/aromatic N) is 1. The number of amides is 1. The number of aryl methyl sites for hydroxylation is 1. The molecule has 2 N–H and O–H groups in total. The van der Waals surface area contributed by atoms with Crippen LogP contribution in [0.4, 0.5) is 4.39 Å². The van der Waals surface area contributed by atoms with Gasteiger partial charge in [-0.3, -0.25) is 9.78 Å². The molecule has 1 amide bonds. The molecule has 2 aromatic rings. The molecule has 1 aromatic carbocycles. The van der Waals surface area contributed by atoms with Gasteiger partial charge in [0, 0.05) is 28.7 Å². The van der Waals surface area contributed by atoms with Crippen molar-refractivity contribution in [3.05, 3.63) is 35.8 Å². The number of halogens is 1. The summed E-state index contributed by atoms with van der Waals surface area (Å²) in [4.78, 5) is 27.2. The van der Waals surface area contributed by atoms with E-state index in [-0.39, 0.29) is 11.6 Å². The number of aliphatic carboxylic acids is 1. The lowest BCUT2D eigenvalue weighted by atomic mass is 10.2. The Kier molecular flexibility index (Phi) is 4.97. The number of fused-ring (bicyclic) bond motifs is 1. The van der Waals surface area contributed by atoms with Gasteiger partial charge in [0.15, 0.2) is 0 Å². The summed E-state index contributed by atoms with van der Waals surface area (Å²) in [5.74, 6) is -1.75. The van der Waals surface area contributed by atoms with Gasteiger partial charge in [0.05, 0.1) is 5.52 Å². The molecular formula is C15H15FN2O3S. The van der Waals surface area contributed by atoms with Crippen molar-refractivity contribution in [2.45, 2.75) is 24.8 Å². The van der Waals surface area contributed by atoms with Crippen LogP contribution in [0.15, 0.2) is 29.2 Å². The van der Waals surface area contributed by atoms with Crippen molar-refractivity contribution in [1.82, 2.24) is 10.3 Å². The fourth-order valence-electron chi connectivity index (χ4n) is 2.01. The number of nitrogens with one attached hydrogen (secondary N) is 1. The van der Waals surface area contributed by atoms with Crippen molar-refractivity contribution in [1.29, 1.82) is 0 Å². The summed E-state index contributed by atoms with van der Waals surface area (Å²) in [5, 5.41) is 12.1. The van der Waals surface area contributed by atoms with Crippen molar-refractivity contribution >= 4 is 34.5 Å². The van der Waals surface area contributed by atoms with Crippen LogP contribution in [0, 0.1) is 12.7 Å². The number of thioether (sulfide) groups is 1. The predicted molar refractivity (Wildman–Crippen MR) is 82.4 cm³/mol. The van der Waals surface area contributed by atoms with Gasteiger partial charge < -0.3 is 10.4 Å². The number of hydrogen-bond donors (Lipinski definition) is 2. The van der Waals surface area contributed by atoms with E-state index in [0.717, 1.165) is 10.6 Å². The molecule has 1 atom stereocenters. The lowest BCUT2D eigenvalue weighted by Gasteiger charge is -2.14. The lowest BCUT2D eigenvalue weighted by Crippen LogP contribution is -2.41. The van der Waals surface area contributed by atoms with Gasteiger partial charge in [0.2, 0.25) is 5.91 Å². The van der Waals surface area contributed by atoms with Gasteiger partial charge in [-0.2, -0.15) is 0 Å². The molecule has 5 nitrogen and oxygen atoms in total. The van der Waals surface area contributed by atoms with Crippen molar-refractivity contribution in [3.8, 4) is 0 Å². The molecule has 0 saturated carbocycles. The minimum absolute atomic E-state index is 0.143. The molecule has 116 valence electrons. The monoisotopic (exact) mass is 322 g/mol. The Hall–Kier alpha value is -2.15. The Morgan fingerprint density at radius 2 is 2.14 bits per heavy atom. The number of aromatic nitrogens is 1. The highest BCUT2D eigenvalue weighted by molar-refractivity contribution is 7.99. The Labute approximate surface area is 130 Å². The van der Waals surface area contributed by atoms with Crippen LogP contribution in [-0.2, 0) is 9.59 Å². The van der Waals surface area contributed by atoms with E-state index in [1.807, 2.05) is 6.92 Å². The third-order valence-electron chi connectivity index (χ3n) is 2.94. The number of hydrogen-bond acceptors (Lipinski definition) is 4. The normalized spacial score (nSPS) is 12.1. The van der Waals surface area contributed by atoms with E-state index in [9.17, 15) is 14.0 Å². The van der Waals surface area contributed by atoms with Crippen LogP contribution in [0.25, 0.3) is 10.9 Å². The standard InChI is InChI=1S/C15H15FN2O3S/c1-8-5-14(11-6-10(16)3-4-12(11)17-8)22-7-13(15(20)21)18-9(2)19/h3-6,13H,7H2,1-2H3,(H,18,19)(H,20,21)/t13-/m1/s1. The molecule has 0 saturated heterocycles. The largest absolute Gasteiger partial charge is 0.480 e. The summed E-state index contributed by atoms with van der Waals surface area (Å²) in [6, 6.07) is 5.07. The molecule has 0 aliphatic carbocycles. The highest BCUT2D eigenvalue weighted by Crippen LogP contribution is 2.29. The van der Waals surface area contributed by atoms with Crippen LogP contribution in [0.5, 0.6) is 0 Å². The van der Waals surface area contributed by atoms with Crippen molar-refractivity contribution in [3.63, 3.8) is 0 Å². The zero-order chi connectivity index (χ0) is 16.3. The quantitative estimate of drug-likeness (QED) is 0.826. The van der Waals surface area contributed by atoms with E-state index in [2.05, 4.69) is 10.3 Å². The molecule has 0 fully saturated rings. The fraction of sp³-hybridized carbons (Fsp3) is 0.267. The first kappa shape index (κ1) is 16.2. The minimum Gasteiger partial charge on any atom is -0.480 e. The maximum atomic E-state index is 13.4. The zero-order valence-electron chi connectivity index (χ0n) is 12.1. The summed E-state index contributed by atoms with van der Waals surface area (Å²) in [7, 11) is 0. The highest BCUT2D eigenvalue weighted by Gasteiger charge is 2.19. The Bertz CT molecular complexity index is 736. The number of pyridine rings is 1. The van der Waals surface area contributed by atoms with Crippen LogP contribution in [0.1, 0.15) is 12.6 Å². The van der Waals surface area contributed by atoms with Crippen molar-refractivity contribution in [2.24, 2.45) is 0 Å². The minimum atomic E-state index is -1.11. The van der Waals surface area contributed by atoms with Crippen LogP contribution in [0.3, 0.4) is 0 Å². The molecule has 0 bridgehead atoms. The molecular weight excluding hydrogens is 307 g/mol. The van der Waals surface area contributed by atoms with Gasteiger partial charge >= 0.3 is 5.97 Å². The first-order valence-corrected chi connectivity index (χ1v) is 7.55. The van der Waals surface area contributed by atoms with E-state index in [1.165, 1.54) is 30.8 Å². The van der Waals surface area contributed by atoms with Crippen LogP contribution < -0.4 is 5.32 Å². The number of carbonyl (C=O) groups excluding carboxylic acids is 1. The average Bonchev–Trinajstić information content (AvgIpc) is 2.43. The number of benzene rings is 1. The first-order valence-electron chi connectivity index (χ1n) is 6.56. The second-order valence-corrected chi connectivity index (χ2v) is 5.89. The molecule has 0 aliphatic rings. The van der Waals surface area contributed by atoms with Gasteiger partial charge in [-0.25, -0.2) is 9.18 Å². The fourth-order valence-corrected chi connectivity index (χ4v) is 3.15. The van der Waals surface area contributed by atoms with Gasteiger partial charge in [-0.1, -0.05) is 0 Å². The predicted octanol–water partition coefficient (Wildman–Crippen LogP) is 2.36. The lowest BCUT2D eigenvalue weighted by molar-refractivity contribution is -0.140. The van der Waals surface area contributed by atoms with Gasteiger partial charge in [0.1, 0.15) is 11.9 Å². The maximum Gasteiger partial charge on any atom is 0.327 e. The molecule has 1 aromatic heterocycles. The number of carbonyl (C=O) groups is 2. The third kappa shape index (κ3) is 3.94. The average molecular weight is 322 g/mol. The second-order valence-electron chi connectivity index (χ2n) is 4.83.